The fraction of sp³-hybridized carbons (Fsp3) is 0. The molecule has 26 heavy (non-hydrogen) atoms. The van der Waals surface area contributed by atoms with E-state index in [4.69, 9.17) is 14.4 Å². The van der Waals surface area contributed by atoms with Gasteiger partial charge in [-0.2, -0.15) is 0 Å². The molecule has 5 heterocycles. The molecule has 0 saturated heterocycles. The average molecular weight is 341 g/mol. The number of hydrogen-bond acceptors (Lipinski definition) is 7. The summed E-state index contributed by atoms with van der Waals surface area (Å²) in [5.74, 6) is 1.19. The summed E-state index contributed by atoms with van der Waals surface area (Å²) in [6, 6.07) is 7.41. The molecule has 0 saturated carbocycles. The molecule has 0 unspecified atom stereocenters. The number of H-pyrrole nitrogens is 1. The molecule has 0 aliphatic heterocycles. The number of rotatable bonds is 3. The predicted molar refractivity (Wildman–Crippen MR) is 93.6 cm³/mol. The Kier molecular flexibility index (Phi) is 3.24. The number of furan rings is 1. The third-order valence-corrected chi connectivity index (χ3v) is 3.85. The Balaban J connectivity index is 1.75. The zero-order valence-corrected chi connectivity index (χ0v) is 13.4. The second-order valence-electron chi connectivity index (χ2n) is 5.48. The van der Waals surface area contributed by atoms with E-state index >= 15 is 0 Å². The monoisotopic (exact) mass is 341 g/mol. The summed E-state index contributed by atoms with van der Waals surface area (Å²) in [6.45, 7) is 0. The molecular weight excluding hydrogens is 330 g/mol. The van der Waals surface area contributed by atoms with Crippen LogP contribution in [-0.2, 0) is 0 Å². The number of pyridine rings is 1. The van der Waals surface area contributed by atoms with Gasteiger partial charge in [0.1, 0.15) is 17.1 Å². The maximum absolute atomic E-state index is 5.55. The highest BCUT2D eigenvalue weighted by Crippen LogP contribution is 2.30. The highest BCUT2D eigenvalue weighted by molar-refractivity contribution is 5.82. The van der Waals surface area contributed by atoms with Gasteiger partial charge >= 0.3 is 0 Å². The molecule has 5 aromatic rings. The van der Waals surface area contributed by atoms with E-state index in [2.05, 4.69) is 24.9 Å². The van der Waals surface area contributed by atoms with Crippen molar-refractivity contribution in [2.45, 2.75) is 0 Å². The van der Waals surface area contributed by atoms with Crippen molar-refractivity contribution in [1.29, 1.82) is 0 Å². The molecule has 8 heteroatoms. The van der Waals surface area contributed by atoms with E-state index in [1.54, 1.807) is 37.2 Å². The fourth-order valence-electron chi connectivity index (χ4n) is 2.67. The predicted octanol–water partition coefficient (Wildman–Crippen LogP) is 3.13. The lowest BCUT2D eigenvalue weighted by Crippen LogP contribution is -1.94. The van der Waals surface area contributed by atoms with Gasteiger partial charge in [-0.3, -0.25) is 9.97 Å². The first kappa shape index (κ1) is 14.4. The summed E-state index contributed by atoms with van der Waals surface area (Å²) < 4.78 is 5.55. The lowest BCUT2D eigenvalue weighted by molar-refractivity contribution is 0.580. The van der Waals surface area contributed by atoms with Crippen LogP contribution in [0.1, 0.15) is 0 Å². The molecule has 0 aliphatic rings. The summed E-state index contributed by atoms with van der Waals surface area (Å²) >= 11 is 0. The fourth-order valence-corrected chi connectivity index (χ4v) is 2.67. The van der Waals surface area contributed by atoms with Crippen molar-refractivity contribution in [3.8, 4) is 34.2 Å². The van der Waals surface area contributed by atoms with E-state index < -0.39 is 0 Å². The van der Waals surface area contributed by atoms with Gasteiger partial charge in [-0.25, -0.2) is 19.9 Å². The Morgan fingerprint density at radius 2 is 1.77 bits per heavy atom. The molecule has 0 radical (unpaired) electrons. The minimum atomic E-state index is 0.493. The smallest absolute Gasteiger partial charge is 0.198 e. The van der Waals surface area contributed by atoms with Crippen LogP contribution in [0.4, 0.5) is 0 Å². The lowest BCUT2D eigenvalue weighted by atomic mass is 10.1. The van der Waals surface area contributed by atoms with Gasteiger partial charge in [-0.05, 0) is 24.3 Å². The quantitative estimate of drug-likeness (QED) is 0.537. The summed E-state index contributed by atoms with van der Waals surface area (Å²) in [7, 11) is 0. The van der Waals surface area contributed by atoms with Crippen LogP contribution in [0.3, 0.4) is 0 Å². The van der Waals surface area contributed by atoms with Crippen LogP contribution in [0.15, 0.2) is 65.9 Å². The van der Waals surface area contributed by atoms with E-state index in [1.165, 1.54) is 0 Å². The van der Waals surface area contributed by atoms with Crippen molar-refractivity contribution < 1.29 is 4.42 Å². The van der Waals surface area contributed by atoms with Gasteiger partial charge in [-0.1, -0.05) is 0 Å². The molecule has 0 fully saturated rings. The van der Waals surface area contributed by atoms with E-state index in [9.17, 15) is 0 Å². The second kappa shape index (κ2) is 5.85. The Bertz CT molecular complexity index is 1170. The van der Waals surface area contributed by atoms with Gasteiger partial charge in [0.2, 0.25) is 0 Å². The van der Waals surface area contributed by atoms with E-state index in [1.807, 2.05) is 24.3 Å². The summed E-state index contributed by atoms with van der Waals surface area (Å²) in [4.78, 5) is 29.5. The van der Waals surface area contributed by atoms with Gasteiger partial charge < -0.3 is 9.40 Å². The van der Waals surface area contributed by atoms with Crippen molar-refractivity contribution in [2.75, 3.05) is 0 Å². The number of imidazole rings is 1. The molecule has 0 atom stereocenters. The van der Waals surface area contributed by atoms with Gasteiger partial charge in [0.15, 0.2) is 22.9 Å². The molecule has 0 amide bonds. The molecule has 0 aliphatic carbocycles. The van der Waals surface area contributed by atoms with Crippen molar-refractivity contribution in [3.63, 3.8) is 0 Å². The zero-order chi connectivity index (χ0) is 17.3. The largest absolute Gasteiger partial charge is 0.463 e. The van der Waals surface area contributed by atoms with Crippen LogP contribution in [-0.4, -0.2) is 34.9 Å². The maximum atomic E-state index is 5.55. The highest BCUT2D eigenvalue weighted by Gasteiger charge is 2.18. The molecule has 0 bridgehead atoms. The van der Waals surface area contributed by atoms with Crippen LogP contribution in [0, 0.1) is 0 Å². The summed E-state index contributed by atoms with van der Waals surface area (Å²) in [5.41, 5.74) is 3.85. The number of aromatic nitrogens is 7. The standard InChI is InChI=1S/C18H11N7O/c1-2-13(26-9-1)15-14(11-3-5-19-6-4-11)22-17-18(23-15)25-16(24-17)12-10-20-7-8-21-12/h1-10H,(H,22,23,24,25). The van der Waals surface area contributed by atoms with E-state index in [-0.39, 0.29) is 0 Å². The van der Waals surface area contributed by atoms with Gasteiger partial charge in [0.25, 0.3) is 0 Å². The summed E-state index contributed by atoms with van der Waals surface area (Å²) in [6.07, 6.45) is 9.88. The third-order valence-electron chi connectivity index (χ3n) is 3.85. The first-order chi connectivity index (χ1) is 12.9. The topological polar surface area (TPSA) is 106 Å². The Labute approximate surface area is 147 Å². The minimum Gasteiger partial charge on any atom is -0.463 e. The van der Waals surface area contributed by atoms with Gasteiger partial charge in [-0.15, -0.1) is 0 Å². The van der Waals surface area contributed by atoms with Gasteiger partial charge in [0.05, 0.1) is 12.5 Å². The zero-order valence-electron chi connectivity index (χ0n) is 13.4. The molecular formula is C18H11N7O. The molecule has 8 nitrogen and oxygen atoms in total. The van der Waals surface area contributed by atoms with Crippen LogP contribution in [0.25, 0.3) is 45.5 Å². The van der Waals surface area contributed by atoms with Crippen molar-refractivity contribution in [1.82, 2.24) is 34.9 Å². The van der Waals surface area contributed by atoms with Crippen LogP contribution >= 0.6 is 0 Å². The van der Waals surface area contributed by atoms with Crippen LogP contribution < -0.4 is 0 Å². The number of nitrogens with zero attached hydrogens (tertiary/aromatic N) is 6. The molecule has 1 N–H and O–H groups in total. The van der Waals surface area contributed by atoms with Crippen LogP contribution in [0.2, 0.25) is 0 Å². The van der Waals surface area contributed by atoms with Crippen molar-refractivity contribution in [3.05, 3.63) is 61.5 Å². The Morgan fingerprint density at radius 1 is 0.846 bits per heavy atom. The Morgan fingerprint density at radius 3 is 2.54 bits per heavy atom. The Hall–Kier alpha value is -3.94. The van der Waals surface area contributed by atoms with E-state index in [0.29, 0.717) is 40.0 Å². The maximum Gasteiger partial charge on any atom is 0.198 e. The lowest BCUT2D eigenvalue weighted by Gasteiger charge is -2.05. The molecule has 0 aromatic carbocycles. The van der Waals surface area contributed by atoms with Crippen molar-refractivity contribution >= 4 is 11.3 Å². The molecule has 5 aromatic heterocycles. The number of aromatic amines is 1. The highest BCUT2D eigenvalue weighted by atomic mass is 16.3. The van der Waals surface area contributed by atoms with Gasteiger partial charge in [0, 0.05) is 30.4 Å². The molecule has 0 spiro atoms. The number of hydrogen-bond donors (Lipinski definition) is 1. The normalized spacial score (nSPS) is 11.1. The van der Waals surface area contributed by atoms with Crippen molar-refractivity contribution in [2.24, 2.45) is 0 Å². The number of fused-ring (bicyclic) bond motifs is 1. The minimum absolute atomic E-state index is 0.493. The van der Waals surface area contributed by atoms with E-state index in [0.717, 1.165) is 5.56 Å². The third kappa shape index (κ3) is 2.40. The first-order valence-corrected chi connectivity index (χ1v) is 7.87. The SMILES string of the molecule is c1coc(-c2nc3[nH]c(-c4cnccn4)nc3nc2-c2ccncc2)c1. The second-order valence-corrected chi connectivity index (χ2v) is 5.48. The summed E-state index contributed by atoms with van der Waals surface area (Å²) in [5, 5.41) is 0. The average Bonchev–Trinajstić information content (AvgIpc) is 3.38. The van der Waals surface area contributed by atoms with Crippen LogP contribution in [0.5, 0.6) is 0 Å². The first-order valence-electron chi connectivity index (χ1n) is 7.87. The number of nitrogens with one attached hydrogen (secondary N) is 1. The molecule has 124 valence electrons. The molecule has 5 rings (SSSR count).